The van der Waals surface area contributed by atoms with Crippen LogP contribution in [-0.2, 0) is 11.4 Å². The van der Waals surface area contributed by atoms with Crippen molar-refractivity contribution < 1.29 is 14.6 Å². The number of hydrogen-bond donors (Lipinski definition) is 2. The van der Waals surface area contributed by atoms with Gasteiger partial charge in [0, 0.05) is 25.2 Å². The first-order valence-corrected chi connectivity index (χ1v) is 8.10. The third-order valence-corrected chi connectivity index (χ3v) is 4.43. The first kappa shape index (κ1) is 15.3. The summed E-state index contributed by atoms with van der Waals surface area (Å²) < 4.78 is 5.47. The van der Waals surface area contributed by atoms with Crippen LogP contribution in [0.2, 0.25) is 0 Å². The number of nitrogens with one attached hydrogen (secondary N) is 1. The second kappa shape index (κ2) is 7.11. The monoisotopic (exact) mass is 304 g/mol. The van der Waals surface area contributed by atoms with Crippen LogP contribution in [0.3, 0.4) is 0 Å². The van der Waals surface area contributed by atoms with Gasteiger partial charge >= 0.3 is 0 Å². The van der Waals surface area contributed by atoms with Crippen molar-refractivity contribution in [2.24, 2.45) is 0 Å². The van der Waals surface area contributed by atoms with Crippen LogP contribution in [0.4, 0.5) is 0 Å². The van der Waals surface area contributed by atoms with Crippen molar-refractivity contribution in [3.63, 3.8) is 0 Å². The Balaban J connectivity index is 1.37. The van der Waals surface area contributed by atoms with Crippen LogP contribution in [0.25, 0.3) is 0 Å². The van der Waals surface area contributed by atoms with E-state index in [1.807, 2.05) is 0 Å². The number of benzene rings is 1. The smallest absolute Gasteiger partial charge is 0.258 e. The second-order valence-electron chi connectivity index (χ2n) is 6.20. The van der Waals surface area contributed by atoms with Gasteiger partial charge in [-0.05, 0) is 43.4 Å². The molecule has 1 saturated heterocycles. The molecule has 120 valence electrons. The Hall–Kier alpha value is -1.59. The molecular formula is C17H24N2O3. The molecule has 1 aliphatic heterocycles. The van der Waals surface area contributed by atoms with E-state index in [-0.39, 0.29) is 25.2 Å². The molecule has 1 heterocycles. The maximum Gasteiger partial charge on any atom is 0.258 e. The van der Waals surface area contributed by atoms with E-state index in [0.29, 0.717) is 5.75 Å². The lowest BCUT2D eigenvalue weighted by Crippen LogP contribution is -2.46. The highest BCUT2D eigenvalue weighted by Crippen LogP contribution is 2.29. The summed E-state index contributed by atoms with van der Waals surface area (Å²) in [6, 6.07) is 8.23. The zero-order valence-corrected chi connectivity index (χ0v) is 12.8. The van der Waals surface area contributed by atoms with Gasteiger partial charge in [0.1, 0.15) is 5.75 Å². The number of likely N-dealkylation sites (tertiary alicyclic amines) is 1. The topological polar surface area (TPSA) is 61.8 Å². The summed E-state index contributed by atoms with van der Waals surface area (Å²) in [6.07, 6.45) is 4.76. The van der Waals surface area contributed by atoms with Gasteiger partial charge in [-0.25, -0.2) is 0 Å². The molecule has 5 heteroatoms. The summed E-state index contributed by atoms with van der Waals surface area (Å²) in [7, 11) is 0. The zero-order valence-electron chi connectivity index (χ0n) is 12.8. The van der Waals surface area contributed by atoms with Crippen LogP contribution in [-0.4, -0.2) is 47.7 Å². The fraction of sp³-hybridized carbons (Fsp3) is 0.588. The van der Waals surface area contributed by atoms with E-state index in [1.165, 1.54) is 12.8 Å². The lowest BCUT2D eigenvalue weighted by molar-refractivity contribution is -0.124. The van der Waals surface area contributed by atoms with E-state index >= 15 is 0 Å². The number of carbonyl (C=O) groups excluding carboxylic acids is 1. The summed E-state index contributed by atoms with van der Waals surface area (Å²) >= 11 is 0. The highest BCUT2D eigenvalue weighted by atomic mass is 16.5. The minimum Gasteiger partial charge on any atom is -0.484 e. The highest BCUT2D eigenvalue weighted by molar-refractivity contribution is 5.77. The molecule has 5 nitrogen and oxygen atoms in total. The molecule has 0 aromatic heterocycles. The van der Waals surface area contributed by atoms with Crippen LogP contribution in [0, 0.1) is 0 Å². The lowest BCUT2D eigenvalue weighted by atomic mass is 10.0. The van der Waals surface area contributed by atoms with E-state index in [2.05, 4.69) is 10.2 Å². The molecule has 0 unspecified atom stereocenters. The summed E-state index contributed by atoms with van der Waals surface area (Å²) in [5.74, 6) is 0.590. The second-order valence-corrected chi connectivity index (χ2v) is 6.20. The van der Waals surface area contributed by atoms with Gasteiger partial charge in [0.25, 0.3) is 5.91 Å². The van der Waals surface area contributed by atoms with Crippen molar-refractivity contribution in [1.82, 2.24) is 10.2 Å². The SMILES string of the molecule is O=C(COc1ccc(CO)cc1)NC1CCN(C2CC2)CC1. The minimum atomic E-state index is -0.0592. The number of aliphatic hydroxyl groups is 1. The number of amides is 1. The molecule has 0 radical (unpaired) electrons. The van der Waals surface area contributed by atoms with Crippen molar-refractivity contribution in [3.05, 3.63) is 29.8 Å². The van der Waals surface area contributed by atoms with Gasteiger partial charge in [0.15, 0.2) is 6.61 Å². The van der Waals surface area contributed by atoms with E-state index < -0.39 is 0 Å². The average Bonchev–Trinajstić information content (AvgIpc) is 3.39. The third-order valence-electron chi connectivity index (χ3n) is 4.43. The van der Waals surface area contributed by atoms with Gasteiger partial charge in [0.05, 0.1) is 6.61 Å². The standard InChI is InChI=1S/C17H24N2O3/c20-11-13-1-5-16(6-2-13)22-12-17(21)18-14-7-9-19(10-8-14)15-3-4-15/h1-2,5-6,14-15,20H,3-4,7-12H2,(H,18,21). The fourth-order valence-electron chi connectivity index (χ4n) is 2.96. The Labute approximate surface area is 131 Å². The number of aliphatic hydroxyl groups excluding tert-OH is 1. The van der Waals surface area contributed by atoms with Crippen molar-refractivity contribution in [2.75, 3.05) is 19.7 Å². The van der Waals surface area contributed by atoms with Crippen molar-refractivity contribution >= 4 is 5.91 Å². The fourth-order valence-corrected chi connectivity index (χ4v) is 2.96. The predicted molar refractivity (Wildman–Crippen MR) is 83.6 cm³/mol. The molecule has 1 aromatic carbocycles. The summed E-state index contributed by atoms with van der Waals surface area (Å²) in [5, 5.41) is 12.0. The van der Waals surface area contributed by atoms with Crippen molar-refractivity contribution in [1.29, 1.82) is 0 Å². The van der Waals surface area contributed by atoms with Crippen LogP contribution in [0.5, 0.6) is 5.75 Å². The molecule has 2 fully saturated rings. The van der Waals surface area contributed by atoms with E-state index in [0.717, 1.165) is 37.5 Å². The van der Waals surface area contributed by atoms with Crippen LogP contribution >= 0.6 is 0 Å². The highest BCUT2D eigenvalue weighted by Gasteiger charge is 2.32. The molecule has 3 rings (SSSR count). The number of ether oxygens (including phenoxy) is 1. The summed E-state index contributed by atoms with van der Waals surface area (Å²) in [6.45, 7) is 2.25. The molecule has 1 saturated carbocycles. The maximum atomic E-state index is 11.9. The van der Waals surface area contributed by atoms with Gasteiger partial charge in [-0.3, -0.25) is 4.79 Å². The third kappa shape index (κ3) is 4.21. The maximum absolute atomic E-state index is 11.9. The van der Waals surface area contributed by atoms with Gasteiger partial charge in [-0.1, -0.05) is 12.1 Å². The molecule has 0 atom stereocenters. The Bertz CT molecular complexity index is 491. The van der Waals surface area contributed by atoms with E-state index in [4.69, 9.17) is 9.84 Å². The molecule has 0 bridgehead atoms. The van der Waals surface area contributed by atoms with Crippen molar-refractivity contribution in [3.8, 4) is 5.75 Å². The van der Waals surface area contributed by atoms with E-state index in [1.54, 1.807) is 24.3 Å². The van der Waals surface area contributed by atoms with Gasteiger partial charge in [0.2, 0.25) is 0 Å². The first-order chi connectivity index (χ1) is 10.7. The average molecular weight is 304 g/mol. The van der Waals surface area contributed by atoms with Gasteiger partial charge in [-0.2, -0.15) is 0 Å². The van der Waals surface area contributed by atoms with Gasteiger partial charge < -0.3 is 20.1 Å². The number of piperidine rings is 1. The Morgan fingerprint density at radius 3 is 2.45 bits per heavy atom. The summed E-state index contributed by atoms with van der Waals surface area (Å²) in [5.41, 5.74) is 0.833. The van der Waals surface area contributed by atoms with Gasteiger partial charge in [-0.15, -0.1) is 0 Å². The summed E-state index contributed by atoms with van der Waals surface area (Å²) in [4.78, 5) is 14.5. The normalized spacial score (nSPS) is 19.9. The number of hydrogen-bond acceptors (Lipinski definition) is 4. The number of rotatable bonds is 6. The lowest BCUT2D eigenvalue weighted by Gasteiger charge is -2.32. The van der Waals surface area contributed by atoms with Crippen molar-refractivity contribution in [2.45, 2.75) is 44.4 Å². The number of carbonyl (C=O) groups is 1. The molecular weight excluding hydrogens is 280 g/mol. The Kier molecular flexibility index (Phi) is 4.95. The number of nitrogens with zero attached hydrogens (tertiary/aromatic N) is 1. The predicted octanol–water partition coefficient (Wildman–Crippen LogP) is 1.30. The molecule has 1 amide bonds. The molecule has 1 aliphatic carbocycles. The van der Waals surface area contributed by atoms with Crippen LogP contribution in [0.1, 0.15) is 31.2 Å². The zero-order chi connectivity index (χ0) is 15.4. The molecule has 2 N–H and O–H groups in total. The molecule has 1 aromatic rings. The molecule has 0 spiro atoms. The Morgan fingerprint density at radius 2 is 1.86 bits per heavy atom. The van der Waals surface area contributed by atoms with Crippen LogP contribution < -0.4 is 10.1 Å². The minimum absolute atomic E-state index is 0.0142. The van der Waals surface area contributed by atoms with Crippen LogP contribution in [0.15, 0.2) is 24.3 Å². The Morgan fingerprint density at radius 1 is 1.18 bits per heavy atom. The molecule has 2 aliphatic rings. The first-order valence-electron chi connectivity index (χ1n) is 8.10. The quantitative estimate of drug-likeness (QED) is 0.831. The van der Waals surface area contributed by atoms with E-state index in [9.17, 15) is 4.79 Å². The largest absolute Gasteiger partial charge is 0.484 e. The molecule has 22 heavy (non-hydrogen) atoms.